The number of aliphatic hydroxyl groups is 1. The van der Waals surface area contributed by atoms with Crippen LogP contribution in [0.3, 0.4) is 0 Å². The number of aliphatic hydroxyl groups excluding tert-OH is 1. The average molecular weight is 227 g/mol. The number of ether oxygens (including phenoxy) is 1. The van der Waals surface area contributed by atoms with Gasteiger partial charge in [-0.1, -0.05) is 0 Å². The Balaban J connectivity index is 2.40. The van der Waals surface area contributed by atoms with Gasteiger partial charge in [-0.2, -0.15) is 0 Å². The summed E-state index contributed by atoms with van der Waals surface area (Å²) in [6.45, 7) is 0.914. The highest BCUT2D eigenvalue weighted by Crippen LogP contribution is 2.20. The monoisotopic (exact) mass is 227 g/mol. The van der Waals surface area contributed by atoms with Gasteiger partial charge in [0.1, 0.15) is 11.6 Å². The summed E-state index contributed by atoms with van der Waals surface area (Å²) in [5.41, 5.74) is 0.461. The summed E-state index contributed by atoms with van der Waals surface area (Å²) in [4.78, 5) is 0. The summed E-state index contributed by atoms with van der Waals surface area (Å²) in [7, 11) is 1.55. The van der Waals surface area contributed by atoms with Crippen LogP contribution in [0, 0.1) is 5.82 Å². The molecule has 2 N–H and O–H groups in total. The molecule has 0 aliphatic rings. The first-order valence-corrected chi connectivity index (χ1v) is 5.46. The van der Waals surface area contributed by atoms with Crippen molar-refractivity contribution >= 4 is 5.69 Å². The van der Waals surface area contributed by atoms with E-state index in [4.69, 9.17) is 9.84 Å². The van der Waals surface area contributed by atoms with Crippen molar-refractivity contribution in [1.82, 2.24) is 0 Å². The Morgan fingerprint density at radius 3 is 2.81 bits per heavy atom. The highest BCUT2D eigenvalue weighted by Gasteiger charge is 2.02. The minimum Gasteiger partial charge on any atom is -0.497 e. The topological polar surface area (TPSA) is 41.5 Å². The quantitative estimate of drug-likeness (QED) is 0.703. The zero-order valence-corrected chi connectivity index (χ0v) is 9.50. The van der Waals surface area contributed by atoms with Gasteiger partial charge in [0.2, 0.25) is 0 Å². The van der Waals surface area contributed by atoms with Gasteiger partial charge < -0.3 is 15.2 Å². The third kappa shape index (κ3) is 4.06. The Labute approximate surface area is 95.2 Å². The average Bonchev–Trinajstić information content (AvgIpc) is 2.31. The Morgan fingerprint density at radius 2 is 2.12 bits per heavy atom. The van der Waals surface area contributed by atoms with Crippen LogP contribution in [0.5, 0.6) is 5.75 Å². The van der Waals surface area contributed by atoms with Gasteiger partial charge in [-0.15, -0.1) is 0 Å². The number of rotatable bonds is 7. The molecular weight excluding hydrogens is 209 g/mol. The molecular formula is C12H18FNO2. The van der Waals surface area contributed by atoms with Crippen molar-refractivity contribution in [2.75, 3.05) is 25.6 Å². The third-order valence-corrected chi connectivity index (χ3v) is 2.32. The van der Waals surface area contributed by atoms with Crippen LogP contribution in [0.2, 0.25) is 0 Å². The maximum absolute atomic E-state index is 13.3. The summed E-state index contributed by atoms with van der Waals surface area (Å²) in [5, 5.41) is 11.6. The van der Waals surface area contributed by atoms with E-state index >= 15 is 0 Å². The Hall–Kier alpha value is -1.29. The lowest BCUT2D eigenvalue weighted by atomic mass is 10.2. The molecule has 0 spiro atoms. The van der Waals surface area contributed by atoms with Gasteiger partial charge in [-0.3, -0.25) is 0 Å². The van der Waals surface area contributed by atoms with Crippen molar-refractivity contribution in [3.63, 3.8) is 0 Å². The van der Waals surface area contributed by atoms with Gasteiger partial charge in [-0.25, -0.2) is 4.39 Å². The maximum atomic E-state index is 13.3. The van der Waals surface area contributed by atoms with Crippen molar-refractivity contribution in [3.05, 3.63) is 24.0 Å². The molecule has 0 unspecified atom stereocenters. The highest BCUT2D eigenvalue weighted by molar-refractivity contribution is 5.49. The minimum atomic E-state index is -0.275. The van der Waals surface area contributed by atoms with Crippen molar-refractivity contribution in [2.45, 2.75) is 19.3 Å². The fraction of sp³-hybridized carbons (Fsp3) is 0.500. The second kappa shape index (κ2) is 7.06. The van der Waals surface area contributed by atoms with Gasteiger partial charge in [0, 0.05) is 19.2 Å². The molecule has 1 aromatic rings. The summed E-state index contributed by atoms with van der Waals surface area (Å²) >= 11 is 0. The van der Waals surface area contributed by atoms with Gasteiger partial charge in [-0.05, 0) is 31.4 Å². The highest BCUT2D eigenvalue weighted by atomic mass is 19.1. The predicted octanol–water partition coefficient (Wildman–Crippen LogP) is 2.41. The fourth-order valence-corrected chi connectivity index (χ4v) is 1.40. The second-order valence-electron chi connectivity index (χ2n) is 3.56. The van der Waals surface area contributed by atoms with Crippen LogP contribution in [0.25, 0.3) is 0 Å². The van der Waals surface area contributed by atoms with Crippen LogP contribution in [0.1, 0.15) is 19.3 Å². The smallest absolute Gasteiger partial charge is 0.146 e. The van der Waals surface area contributed by atoms with Gasteiger partial charge in [0.25, 0.3) is 0 Å². The van der Waals surface area contributed by atoms with Crippen molar-refractivity contribution < 1.29 is 14.2 Å². The zero-order valence-electron chi connectivity index (χ0n) is 9.50. The number of hydrogen-bond acceptors (Lipinski definition) is 3. The van der Waals surface area contributed by atoms with Crippen molar-refractivity contribution in [1.29, 1.82) is 0 Å². The van der Waals surface area contributed by atoms with Crippen molar-refractivity contribution in [2.24, 2.45) is 0 Å². The standard InChI is InChI=1S/C12H18FNO2/c1-16-10-5-6-11(13)12(9-10)14-7-3-2-4-8-15/h5-6,9,14-15H,2-4,7-8H2,1H3. The number of anilines is 1. The van der Waals surface area contributed by atoms with E-state index in [9.17, 15) is 4.39 Å². The fourth-order valence-electron chi connectivity index (χ4n) is 1.40. The molecule has 0 amide bonds. The second-order valence-corrected chi connectivity index (χ2v) is 3.56. The molecule has 1 aromatic carbocycles. The van der Waals surface area contributed by atoms with Crippen LogP contribution in [-0.2, 0) is 0 Å². The van der Waals surface area contributed by atoms with Crippen LogP contribution < -0.4 is 10.1 Å². The van der Waals surface area contributed by atoms with E-state index in [1.165, 1.54) is 6.07 Å². The van der Waals surface area contributed by atoms with Crippen LogP contribution in [0.15, 0.2) is 18.2 Å². The van der Waals surface area contributed by atoms with E-state index in [0.29, 0.717) is 18.0 Å². The molecule has 4 heteroatoms. The molecule has 0 aromatic heterocycles. The number of hydrogen-bond donors (Lipinski definition) is 2. The van der Waals surface area contributed by atoms with Gasteiger partial charge >= 0.3 is 0 Å². The molecule has 0 atom stereocenters. The summed E-state index contributed by atoms with van der Waals surface area (Å²) in [5.74, 6) is 0.363. The number of benzene rings is 1. The normalized spacial score (nSPS) is 10.2. The maximum Gasteiger partial charge on any atom is 0.146 e. The van der Waals surface area contributed by atoms with E-state index in [2.05, 4.69) is 5.32 Å². The lowest BCUT2D eigenvalue weighted by molar-refractivity contribution is 0.283. The van der Waals surface area contributed by atoms with Gasteiger partial charge in [0.15, 0.2) is 0 Å². The summed E-state index contributed by atoms with van der Waals surface area (Å²) < 4.78 is 18.3. The molecule has 0 radical (unpaired) electrons. The molecule has 90 valence electrons. The minimum absolute atomic E-state index is 0.216. The van der Waals surface area contributed by atoms with E-state index in [-0.39, 0.29) is 12.4 Å². The Morgan fingerprint density at radius 1 is 1.31 bits per heavy atom. The summed E-state index contributed by atoms with van der Waals surface area (Å²) in [6, 6.07) is 4.61. The first kappa shape index (κ1) is 12.8. The molecule has 0 saturated carbocycles. The summed E-state index contributed by atoms with van der Waals surface area (Å²) in [6.07, 6.45) is 2.65. The van der Waals surface area contributed by atoms with E-state index in [1.807, 2.05) is 0 Å². The molecule has 16 heavy (non-hydrogen) atoms. The van der Waals surface area contributed by atoms with E-state index in [1.54, 1.807) is 19.2 Å². The third-order valence-electron chi connectivity index (χ3n) is 2.32. The molecule has 0 aliphatic carbocycles. The largest absolute Gasteiger partial charge is 0.497 e. The van der Waals surface area contributed by atoms with Crippen LogP contribution in [-0.4, -0.2) is 25.4 Å². The van der Waals surface area contributed by atoms with Crippen LogP contribution in [0.4, 0.5) is 10.1 Å². The number of halogens is 1. The lowest BCUT2D eigenvalue weighted by Gasteiger charge is -2.08. The lowest BCUT2D eigenvalue weighted by Crippen LogP contribution is -2.04. The Kier molecular flexibility index (Phi) is 5.64. The molecule has 0 fully saturated rings. The van der Waals surface area contributed by atoms with Gasteiger partial charge in [0.05, 0.1) is 12.8 Å². The first-order valence-electron chi connectivity index (χ1n) is 5.46. The molecule has 0 saturated heterocycles. The SMILES string of the molecule is COc1ccc(F)c(NCCCCCO)c1. The number of methoxy groups -OCH3 is 1. The zero-order chi connectivity index (χ0) is 11.8. The molecule has 3 nitrogen and oxygen atoms in total. The molecule has 1 rings (SSSR count). The first-order chi connectivity index (χ1) is 7.77. The Bertz CT molecular complexity index is 318. The van der Waals surface area contributed by atoms with E-state index < -0.39 is 0 Å². The van der Waals surface area contributed by atoms with Crippen LogP contribution >= 0.6 is 0 Å². The van der Waals surface area contributed by atoms with E-state index in [0.717, 1.165) is 19.3 Å². The molecule has 0 heterocycles. The number of unbranched alkanes of at least 4 members (excludes halogenated alkanes) is 2. The molecule has 0 aliphatic heterocycles. The predicted molar refractivity (Wildman–Crippen MR) is 62.4 cm³/mol. The molecule has 0 bridgehead atoms. The van der Waals surface area contributed by atoms with Crippen molar-refractivity contribution in [3.8, 4) is 5.75 Å². The number of nitrogens with one attached hydrogen (secondary N) is 1.